The van der Waals surface area contributed by atoms with Gasteiger partial charge in [0.25, 0.3) is 5.91 Å². The minimum Gasteiger partial charge on any atom is -0.361 e. The summed E-state index contributed by atoms with van der Waals surface area (Å²) in [6.07, 6.45) is 2.45. The molecule has 0 atom stereocenters. The third kappa shape index (κ3) is 2.97. The zero-order valence-electron chi connectivity index (χ0n) is 11.7. The number of carbonyl (C=O) groups excluding carboxylic acids is 1. The van der Waals surface area contributed by atoms with E-state index < -0.39 is 0 Å². The normalized spacial score (nSPS) is 10.8. The molecule has 112 valence electrons. The summed E-state index contributed by atoms with van der Waals surface area (Å²) in [4.78, 5) is 15.1. The number of carbonyl (C=O) groups is 1. The zero-order chi connectivity index (χ0) is 15.5. The largest absolute Gasteiger partial charge is 0.361 e. The molecule has 0 aliphatic heterocycles. The molecular weight excluding hydrogens is 303 g/mol. The van der Waals surface area contributed by atoms with Crippen LogP contribution < -0.4 is 5.32 Å². The first-order valence-electron chi connectivity index (χ1n) is 6.93. The molecule has 5 heteroatoms. The first-order chi connectivity index (χ1) is 10.6. The van der Waals surface area contributed by atoms with Crippen LogP contribution in [0.25, 0.3) is 10.9 Å². The number of aromatic amines is 1. The molecule has 1 aromatic heterocycles. The van der Waals surface area contributed by atoms with Gasteiger partial charge in [0, 0.05) is 23.6 Å². The standard InChI is InChI=1S/C17H14ClFN2O/c18-15-4-2-1-3-13(15)17(22)20-8-7-11-10-21-16-6-5-12(19)9-14(11)16/h1-6,9-10,21H,7-8H2,(H,20,22). The van der Waals surface area contributed by atoms with Crippen LogP contribution in [0.1, 0.15) is 15.9 Å². The minimum absolute atomic E-state index is 0.211. The van der Waals surface area contributed by atoms with Crippen molar-refractivity contribution in [2.24, 2.45) is 0 Å². The monoisotopic (exact) mass is 316 g/mol. The van der Waals surface area contributed by atoms with E-state index in [1.54, 1.807) is 30.3 Å². The van der Waals surface area contributed by atoms with Crippen molar-refractivity contribution < 1.29 is 9.18 Å². The lowest BCUT2D eigenvalue weighted by molar-refractivity contribution is 0.0954. The Morgan fingerprint density at radius 3 is 2.86 bits per heavy atom. The Labute approximate surface area is 132 Å². The average Bonchev–Trinajstić information content (AvgIpc) is 2.90. The molecule has 22 heavy (non-hydrogen) atoms. The third-order valence-electron chi connectivity index (χ3n) is 3.53. The van der Waals surface area contributed by atoms with Crippen molar-refractivity contribution in [2.45, 2.75) is 6.42 Å². The number of aromatic nitrogens is 1. The van der Waals surface area contributed by atoms with Crippen LogP contribution in [0.5, 0.6) is 0 Å². The molecule has 1 amide bonds. The van der Waals surface area contributed by atoms with Gasteiger partial charge in [-0.2, -0.15) is 0 Å². The lowest BCUT2D eigenvalue weighted by atomic mass is 10.1. The maximum Gasteiger partial charge on any atom is 0.252 e. The first-order valence-corrected chi connectivity index (χ1v) is 7.31. The summed E-state index contributed by atoms with van der Waals surface area (Å²) >= 11 is 5.99. The second kappa shape index (κ2) is 6.20. The van der Waals surface area contributed by atoms with Crippen molar-refractivity contribution in [1.29, 1.82) is 0 Å². The molecule has 0 aliphatic carbocycles. The predicted octanol–water partition coefficient (Wildman–Crippen LogP) is 3.93. The fraction of sp³-hybridized carbons (Fsp3) is 0.118. The highest BCUT2D eigenvalue weighted by atomic mass is 35.5. The van der Waals surface area contributed by atoms with Gasteiger partial charge in [-0.25, -0.2) is 4.39 Å². The molecule has 1 heterocycles. The van der Waals surface area contributed by atoms with Gasteiger partial charge in [0.05, 0.1) is 10.6 Å². The van der Waals surface area contributed by atoms with Crippen molar-refractivity contribution in [3.63, 3.8) is 0 Å². The molecule has 0 saturated heterocycles. The van der Waals surface area contributed by atoms with Gasteiger partial charge in [-0.05, 0) is 42.3 Å². The molecule has 3 aromatic rings. The van der Waals surface area contributed by atoms with Crippen LogP contribution in [0.4, 0.5) is 4.39 Å². The number of fused-ring (bicyclic) bond motifs is 1. The summed E-state index contributed by atoms with van der Waals surface area (Å²) in [6, 6.07) is 11.5. The highest BCUT2D eigenvalue weighted by molar-refractivity contribution is 6.33. The number of hydrogen-bond donors (Lipinski definition) is 2. The summed E-state index contributed by atoms with van der Waals surface area (Å²) in [7, 11) is 0. The van der Waals surface area contributed by atoms with Gasteiger partial charge in [0.2, 0.25) is 0 Å². The van der Waals surface area contributed by atoms with E-state index in [9.17, 15) is 9.18 Å². The zero-order valence-corrected chi connectivity index (χ0v) is 12.5. The molecule has 0 spiro atoms. The maximum absolute atomic E-state index is 13.3. The van der Waals surface area contributed by atoms with Gasteiger partial charge in [0.15, 0.2) is 0 Å². The number of halogens is 2. The van der Waals surface area contributed by atoms with Crippen molar-refractivity contribution >= 4 is 28.4 Å². The Hall–Kier alpha value is -2.33. The van der Waals surface area contributed by atoms with Crippen molar-refractivity contribution in [1.82, 2.24) is 10.3 Å². The molecule has 2 aromatic carbocycles. The molecule has 0 radical (unpaired) electrons. The Morgan fingerprint density at radius 1 is 1.23 bits per heavy atom. The lowest BCUT2D eigenvalue weighted by Gasteiger charge is -2.06. The second-order valence-electron chi connectivity index (χ2n) is 4.99. The molecule has 0 unspecified atom stereocenters. The Kier molecular flexibility index (Phi) is 4.11. The van der Waals surface area contributed by atoms with E-state index in [-0.39, 0.29) is 11.7 Å². The third-order valence-corrected chi connectivity index (χ3v) is 3.86. The van der Waals surface area contributed by atoms with Crippen LogP contribution in [0.15, 0.2) is 48.7 Å². The van der Waals surface area contributed by atoms with Crippen LogP contribution in [-0.2, 0) is 6.42 Å². The van der Waals surface area contributed by atoms with Crippen LogP contribution in [0, 0.1) is 5.82 Å². The maximum atomic E-state index is 13.3. The van der Waals surface area contributed by atoms with Gasteiger partial charge < -0.3 is 10.3 Å². The van der Waals surface area contributed by atoms with Crippen molar-refractivity contribution in [2.75, 3.05) is 6.54 Å². The molecular formula is C17H14ClFN2O. The van der Waals surface area contributed by atoms with Crippen molar-refractivity contribution in [3.8, 4) is 0 Å². The van der Waals surface area contributed by atoms with Crippen LogP contribution in [0.2, 0.25) is 5.02 Å². The van der Waals surface area contributed by atoms with Crippen LogP contribution >= 0.6 is 11.6 Å². The number of rotatable bonds is 4. The number of H-pyrrole nitrogens is 1. The number of benzene rings is 2. The van der Waals surface area contributed by atoms with E-state index >= 15 is 0 Å². The van der Waals surface area contributed by atoms with E-state index in [1.165, 1.54) is 12.1 Å². The fourth-order valence-electron chi connectivity index (χ4n) is 2.41. The summed E-state index contributed by atoms with van der Waals surface area (Å²) in [5.41, 5.74) is 2.30. The van der Waals surface area contributed by atoms with Gasteiger partial charge in [-0.1, -0.05) is 23.7 Å². The minimum atomic E-state index is -0.270. The molecule has 3 rings (SSSR count). The quantitative estimate of drug-likeness (QED) is 0.752. The summed E-state index contributed by atoms with van der Waals surface area (Å²) < 4.78 is 13.3. The van der Waals surface area contributed by atoms with Crippen molar-refractivity contribution in [3.05, 3.63) is 70.6 Å². The van der Waals surface area contributed by atoms with E-state index in [4.69, 9.17) is 11.6 Å². The molecule has 0 bridgehead atoms. The molecule has 0 fully saturated rings. The topological polar surface area (TPSA) is 44.9 Å². The van der Waals surface area contributed by atoms with E-state index in [1.807, 2.05) is 6.20 Å². The average molecular weight is 317 g/mol. The van der Waals surface area contributed by atoms with E-state index in [0.29, 0.717) is 23.6 Å². The number of hydrogen-bond acceptors (Lipinski definition) is 1. The lowest BCUT2D eigenvalue weighted by Crippen LogP contribution is -2.25. The number of amides is 1. The van der Waals surface area contributed by atoms with Crippen LogP contribution in [0.3, 0.4) is 0 Å². The Morgan fingerprint density at radius 2 is 2.05 bits per heavy atom. The smallest absolute Gasteiger partial charge is 0.252 e. The summed E-state index contributed by atoms with van der Waals surface area (Å²) in [5, 5.41) is 4.09. The predicted molar refractivity (Wildman–Crippen MR) is 85.7 cm³/mol. The summed E-state index contributed by atoms with van der Waals surface area (Å²) in [5.74, 6) is -0.481. The second-order valence-corrected chi connectivity index (χ2v) is 5.40. The van der Waals surface area contributed by atoms with E-state index in [2.05, 4.69) is 10.3 Å². The molecule has 0 aliphatic rings. The van der Waals surface area contributed by atoms with Gasteiger partial charge in [-0.15, -0.1) is 0 Å². The fourth-order valence-corrected chi connectivity index (χ4v) is 2.63. The Bertz CT molecular complexity index is 828. The van der Waals surface area contributed by atoms with Crippen LogP contribution in [-0.4, -0.2) is 17.4 Å². The number of nitrogens with one attached hydrogen (secondary N) is 2. The van der Waals surface area contributed by atoms with E-state index in [0.717, 1.165) is 16.5 Å². The molecule has 3 nitrogen and oxygen atoms in total. The molecule has 2 N–H and O–H groups in total. The highest BCUT2D eigenvalue weighted by Gasteiger charge is 2.10. The van der Waals surface area contributed by atoms with Gasteiger partial charge in [-0.3, -0.25) is 4.79 Å². The summed E-state index contributed by atoms with van der Waals surface area (Å²) in [6.45, 7) is 0.452. The molecule has 0 saturated carbocycles. The first kappa shape index (κ1) is 14.6. The Balaban J connectivity index is 1.66. The SMILES string of the molecule is O=C(NCCc1c[nH]c2ccc(F)cc12)c1ccccc1Cl. The van der Waals surface area contributed by atoms with Gasteiger partial charge >= 0.3 is 0 Å². The van der Waals surface area contributed by atoms with Gasteiger partial charge in [0.1, 0.15) is 5.82 Å². The highest BCUT2D eigenvalue weighted by Crippen LogP contribution is 2.20.